The molecule has 0 aliphatic carbocycles. The fourth-order valence-corrected chi connectivity index (χ4v) is 3.35. The monoisotopic (exact) mass is 391 g/mol. The van der Waals surface area contributed by atoms with E-state index in [2.05, 4.69) is 25.3 Å². The Kier molecular flexibility index (Phi) is 7.06. The number of nitrogens with zero attached hydrogens (tertiary/aromatic N) is 4. The van der Waals surface area contributed by atoms with Crippen molar-refractivity contribution in [2.45, 2.75) is 19.8 Å². The summed E-state index contributed by atoms with van der Waals surface area (Å²) < 4.78 is 10.9. The first-order valence-corrected chi connectivity index (χ1v) is 9.69. The van der Waals surface area contributed by atoms with Crippen molar-refractivity contribution < 1.29 is 9.26 Å². The van der Waals surface area contributed by atoms with Crippen LogP contribution in [-0.2, 0) is 11.2 Å². The molecule has 7 nitrogen and oxygen atoms in total. The van der Waals surface area contributed by atoms with Crippen molar-refractivity contribution in [1.29, 1.82) is 0 Å². The SMILES string of the molecule is CCOCC1CCN(C(=NC)NCCc2nc(-c3cccc(Cl)c3)no2)C1. The number of ether oxygens (including phenoxy) is 1. The van der Waals surface area contributed by atoms with Crippen molar-refractivity contribution in [3.63, 3.8) is 0 Å². The average Bonchev–Trinajstić information content (AvgIpc) is 3.33. The summed E-state index contributed by atoms with van der Waals surface area (Å²) in [5.41, 5.74) is 0.846. The van der Waals surface area contributed by atoms with Crippen molar-refractivity contribution in [2.24, 2.45) is 10.9 Å². The zero-order chi connectivity index (χ0) is 19.1. The van der Waals surface area contributed by atoms with Crippen LogP contribution in [-0.4, -0.2) is 60.9 Å². The summed E-state index contributed by atoms with van der Waals surface area (Å²) in [5.74, 6) is 2.61. The van der Waals surface area contributed by atoms with Crippen molar-refractivity contribution >= 4 is 17.6 Å². The second-order valence-electron chi connectivity index (χ2n) is 6.51. The van der Waals surface area contributed by atoms with Gasteiger partial charge in [-0.1, -0.05) is 28.9 Å². The van der Waals surface area contributed by atoms with Gasteiger partial charge in [0.15, 0.2) is 5.96 Å². The summed E-state index contributed by atoms with van der Waals surface area (Å²) in [7, 11) is 1.81. The number of aromatic nitrogens is 2. The second kappa shape index (κ2) is 9.71. The molecule has 1 aromatic carbocycles. The highest BCUT2D eigenvalue weighted by Gasteiger charge is 2.24. The number of nitrogens with one attached hydrogen (secondary N) is 1. The molecule has 0 bridgehead atoms. The third-order valence-corrected chi connectivity index (χ3v) is 4.76. The van der Waals surface area contributed by atoms with Crippen molar-refractivity contribution in [2.75, 3.05) is 39.9 Å². The van der Waals surface area contributed by atoms with Crippen molar-refractivity contribution in [1.82, 2.24) is 20.4 Å². The minimum atomic E-state index is 0.551. The molecule has 1 atom stereocenters. The van der Waals surface area contributed by atoms with Crippen LogP contribution >= 0.6 is 11.6 Å². The van der Waals surface area contributed by atoms with Crippen molar-refractivity contribution in [3.05, 3.63) is 35.2 Å². The minimum Gasteiger partial charge on any atom is -0.381 e. The molecule has 27 heavy (non-hydrogen) atoms. The maximum atomic E-state index is 6.01. The quantitative estimate of drug-likeness (QED) is 0.577. The summed E-state index contributed by atoms with van der Waals surface area (Å²) in [6, 6.07) is 7.42. The smallest absolute Gasteiger partial charge is 0.228 e. The van der Waals surface area contributed by atoms with Gasteiger partial charge in [-0.15, -0.1) is 0 Å². The van der Waals surface area contributed by atoms with Gasteiger partial charge in [-0.3, -0.25) is 4.99 Å². The maximum absolute atomic E-state index is 6.01. The van der Waals surface area contributed by atoms with Crippen LogP contribution in [0.1, 0.15) is 19.2 Å². The third-order valence-electron chi connectivity index (χ3n) is 4.53. The van der Waals surface area contributed by atoms with Gasteiger partial charge in [0, 0.05) is 56.2 Å². The fraction of sp³-hybridized carbons (Fsp3) is 0.526. The molecule has 0 spiro atoms. The van der Waals surface area contributed by atoms with Crippen LogP contribution in [0.25, 0.3) is 11.4 Å². The molecule has 146 valence electrons. The molecule has 3 rings (SSSR count). The van der Waals surface area contributed by atoms with E-state index in [4.69, 9.17) is 20.9 Å². The minimum absolute atomic E-state index is 0.551. The summed E-state index contributed by atoms with van der Waals surface area (Å²) >= 11 is 6.01. The average molecular weight is 392 g/mol. The van der Waals surface area contributed by atoms with Gasteiger partial charge in [0.1, 0.15) is 0 Å². The van der Waals surface area contributed by atoms with Crippen LogP contribution < -0.4 is 5.32 Å². The predicted molar refractivity (Wildman–Crippen MR) is 106 cm³/mol. The molecule has 2 aromatic rings. The van der Waals surface area contributed by atoms with E-state index in [1.54, 1.807) is 0 Å². The van der Waals surface area contributed by atoms with Crippen LogP contribution in [0.5, 0.6) is 0 Å². The molecule has 1 unspecified atom stereocenters. The Labute approximate surface area is 164 Å². The van der Waals surface area contributed by atoms with Crippen molar-refractivity contribution in [3.8, 4) is 11.4 Å². The van der Waals surface area contributed by atoms with Gasteiger partial charge < -0.3 is 19.5 Å². The Balaban J connectivity index is 1.48. The number of hydrogen-bond acceptors (Lipinski definition) is 5. The zero-order valence-electron chi connectivity index (χ0n) is 15.8. The number of rotatable bonds is 7. The van der Waals surface area contributed by atoms with Gasteiger partial charge >= 0.3 is 0 Å². The molecule has 1 fully saturated rings. The Hall–Kier alpha value is -2.12. The van der Waals surface area contributed by atoms with Crippen LogP contribution in [0.15, 0.2) is 33.8 Å². The number of halogens is 1. The van der Waals surface area contributed by atoms with Crippen LogP contribution in [0.3, 0.4) is 0 Å². The van der Waals surface area contributed by atoms with E-state index in [-0.39, 0.29) is 0 Å². The number of aliphatic imine (C=N–C) groups is 1. The lowest BCUT2D eigenvalue weighted by molar-refractivity contribution is 0.114. The second-order valence-corrected chi connectivity index (χ2v) is 6.94. The van der Waals surface area contributed by atoms with Crippen LogP contribution in [0, 0.1) is 5.92 Å². The highest BCUT2D eigenvalue weighted by molar-refractivity contribution is 6.30. The third kappa shape index (κ3) is 5.43. The van der Waals surface area contributed by atoms with E-state index in [0.717, 1.165) is 44.2 Å². The zero-order valence-corrected chi connectivity index (χ0v) is 16.6. The highest BCUT2D eigenvalue weighted by Crippen LogP contribution is 2.20. The standard InChI is InChI=1S/C19H26ClN5O2/c1-3-26-13-14-8-10-25(12-14)19(21-2)22-9-7-17-23-18(24-27-17)15-5-4-6-16(20)11-15/h4-6,11,14H,3,7-10,12-13H2,1-2H3,(H,21,22). The molecule has 8 heteroatoms. The molecule has 0 saturated carbocycles. The molecule has 0 radical (unpaired) electrons. The molecule has 1 aromatic heterocycles. The van der Waals surface area contributed by atoms with Gasteiger partial charge in [-0.05, 0) is 25.5 Å². The summed E-state index contributed by atoms with van der Waals surface area (Å²) in [5, 5.41) is 8.07. The first kappa shape index (κ1) is 19.6. The molecule has 1 aliphatic heterocycles. The number of hydrogen-bond donors (Lipinski definition) is 1. The van der Waals surface area contributed by atoms with E-state index >= 15 is 0 Å². The summed E-state index contributed by atoms with van der Waals surface area (Å²) in [6.07, 6.45) is 1.76. The van der Waals surface area contributed by atoms with E-state index < -0.39 is 0 Å². The molecular weight excluding hydrogens is 366 g/mol. The first-order chi connectivity index (χ1) is 13.2. The van der Waals surface area contributed by atoms with Gasteiger partial charge in [0.2, 0.25) is 11.7 Å². The lowest BCUT2D eigenvalue weighted by atomic mass is 10.1. The molecular formula is C19H26ClN5O2. The first-order valence-electron chi connectivity index (χ1n) is 9.31. The van der Waals surface area contributed by atoms with E-state index in [9.17, 15) is 0 Å². The number of likely N-dealkylation sites (tertiary alicyclic amines) is 1. The molecule has 1 saturated heterocycles. The normalized spacial score (nSPS) is 17.5. The number of guanidine groups is 1. The van der Waals surface area contributed by atoms with Gasteiger partial charge in [0.25, 0.3) is 0 Å². The van der Waals surface area contributed by atoms with E-state index in [1.165, 1.54) is 0 Å². The Bertz CT molecular complexity index is 764. The molecule has 1 N–H and O–H groups in total. The fourth-order valence-electron chi connectivity index (χ4n) is 3.16. The van der Waals surface area contributed by atoms with Gasteiger partial charge in [-0.25, -0.2) is 0 Å². The summed E-state index contributed by atoms with van der Waals surface area (Å²) in [6.45, 7) is 6.26. The van der Waals surface area contributed by atoms with Gasteiger partial charge in [-0.2, -0.15) is 4.98 Å². The number of benzene rings is 1. The van der Waals surface area contributed by atoms with Crippen LogP contribution in [0.2, 0.25) is 5.02 Å². The lowest BCUT2D eigenvalue weighted by Gasteiger charge is -2.21. The Morgan fingerprint density at radius 3 is 3.15 bits per heavy atom. The molecule has 0 amide bonds. The largest absolute Gasteiger partial charge is 0.381 e. The Morgan fingerprint density at radius 2 is 2.37 bits per heavy atom. The lowest BCUT2D eigenvalue weighted by Crippen LogP contribution is -2.41. The Morgan fingerprint density at radius 1 is 1.48 bits per heavy atom. The van der Waals surface area contributed by atoms with E-state index in [1.807, 2.05) is 38.2 Å². The van der Waals surface area contributed by atoms with Crippen LogP contribution in [0.4, 0.5) is 0 Å². The highest BCUT2D eigenvalue weighted by atomic mass is 35.5. The topological polar surface area (TPSA) is 75.8 Å². The predicted octanol–water partition coefficient (Wildman–Crippen LogP) is 2.87. The molecule has 2 heterocycles. The molecule has 1 aliphatic rings. The summed E-state index contributed by atoms with van der Waals surface area (Å²) in [4.78, 5) is 11.1. The van der Waals surface area contributed by atoms with E-state index in [0.29, 0.717) is 35.6 Å². The maximum Gasteiger partial charge on any atom is 0.228 e. The van der Waals surface area contributed by atoms with Gasteiger partial charge in [0.05, 0.1) is 6.61 Å².